The highest BCUT2D eigenvalue weighted by molar-refractivity contribution is 5.79. The standard InChI is InChI=1S/C12H21NO/c1-9-5-3-4-6-11(9)13-10(2)7-8-12(13)14/h9-11H,3-8H2,1-2H3. The third-order valence-corrected chi connectivity index (χ3v) is 3.96. The molecule has 0 aromatic rings. The van der Waals surface area contributed by atoms with Crippen molar-refractivity contribution in [3.8, 4) is 0 Å². The van der Waals surface area contributed by atoms with E-state index in [-0.39, 0.29) is 0 Å². The molecule has 1 heterocycles. The smallest absolute Gasteiger partial charge is 0.223 e. The van der Waals surface area contributed by atoms with Gasteiger partial charge in [-0.2, -0.15) is 0 Å². The van der Waals surface area contributed by atoms with E-state index in [1.54, 1.807) is 0 Å². The van der Waals surface area contributed by atoms with Crippen molar-refractivity contribution < 1.29 is 4.79 Å². The average Bonchev–Trinajstić information content (AvgIpc) is 2.48. The number of amides is 1. The van der Waals surface area contributed by atoms with Crippen LogP contribution in [0.3, 0.4) is 0 Å². The van der Waals surface area contributed by atoms with E-state index in [1.807, 2.05) is 0 Å². The van der Waals surface area contributed by atoms with Gasteiger partial charge in [0, 0.05) is 18.5 Å². The van der Waals surface area contributed by atoms with E-state index in [2.05, 4.69) is 18.7 Å². The van der Waals surface area contributed by atoms with E-state index in [9.17, 15) is 4.79 Å². The minimum atomic E-state index is 0.399. The minimum Gasteiger partial charge on any atom is -0.337 e. The highest BCUT2D eigenvalue weighted by Crippen LogP contribution is 2.33. The second-order valence-corrected chi connectivity index (χ2v) is 5.02. The fourth-order valence-electron chi connectivity index (χ4n) is 3.07. The number of hydrogen-bond donors (Lipinski definition) is 0. The van der Waals surface area contributed by atoms with Gasteiger partial charge in [-0.1, -0.05) is 19.8 Å². The summed E-state index contributed by atoms with van der Waals surface area (Å²) >= 11 is 0. The van der Waals surface area contributed by atoms with E-state index in [0.29, 0.717) is 23.9 Å². The van der Waals surface area contributed by atoms with Crippen LogP contribution >= 0.6 is 0 Å². The zero-order valence-electron chi connectivity index (χ0n) is 9.33. The summed E-state index contributed by atoms with van der Waals surface area (Å²) in [5, 5.41) is 0. The number of carbonyl (C=O) groups is 1. The predicted octanol–water partition coefficient (Wildman–Crippen LogP) is 2.58. The summed E-state index contributed by atoms with van der Waals surface area (Å²) < 4.78 is 0. The topological polar surface area (TPSA) is 20.3 Å². The molecule has 1 amide bonds. The molecule has 2 nitrogen and oxygen atoms in total. The quantitative estimate of drug-likeness (QED) is 0.629. The highest BCUT2D eigenvalue weighted by Gasteiger charge is 2.36. The Morgan fingerprint density at radius 2 is 1.86 bits per heavy atom. The lowest BCUT2D eigenvalue weighted by Crippen LogP contribution is -2.45. The zero-order valence-corrected chi connectivity index (χ0v) is 9.33. The fourth-order valence-corrected chi connectivity index (χ4v) is 3.07. The molecular formula is C12H21NO. The fraction of sp³-hybridized carbons (Fsp3) is 0.917. The Labute approximate surface area is 86.7 Å². The van der Waals surface area contributed by atoms with E-state index in [4.69, 9.17) is 0 Å². The maximum atomic E-state index is 11.8. The maximum Gasteiger partial charge on any atom is 0.223 e. The van der Waals surface area contributed by atoms with Gasteiger partial charge in [-0.05, 0) is 32.1 Å². The van der Waals surface area contributed by atoms with Crippen molar-refractivity contribution >= 4 is 5.91 Å². The molecule has 2 heteroatoms. The van der Waals surface area contributed by atoms with Gasteiger partial charge in [0.1, 0.15) is 0 Å². The maximum absolute atomic E-state index is 11.8. The molecule has 0 aromatic carbocycles. The SMILES string of the molecule is CC1CCCCC1N1C(=O)CCC1C. The summed E-state index contributed by atoms with van der Waals surface area (Å²) in [6, 6.07) is 1.04. The lowest BCUT2D eigenvalue weighted by molar-refractivity contribution is -0.132. The van der Waals surface area contributed by atoms with Crippen LogP contribution in [0.4, 0.5) is 0 Å². The summed E-state index contributed by atoms with van der Waals surface area (Å²) in [6.45, 7) is 4.51. The molecule has 1 saturated carbocycles. The van der Waals surface area contributed by atoms with E-state index in [1.165, 1.54) is 25.7 Å². The van der Waals surface area contributed by atoms with Crippen molar-refractivity contribution in [2.45, 2.75) is 64.5 Å². The third kappa shape index (κ3) is 1.67. The largest absolute Gasteiger partial charge is 0.337 e. The Morgan fingerprint density at radius 1 is 1.14 bits per heavy atom. The predicted molar refractivity (Wildman–Crippen MR) is 57.0 cm³/mol. The monoisotopic (exact) mass is 195 g/mol. The van der Waals surface area contributed by atoms with Crippen LogP contribution in [0.5, 0.6) is 0 Å². The first-order valence-electron chi connectivity index (χ1n) is 6.01. The summed E-state index contributed by atoms with van der Waals surface area (Å²) in [7, 11) is 0. The molecule has 0 radical (unpaired) electrons. The first-order valence-corrected chi connectivity index (χ1v) is 6.01. The molecule has 3 atom stereocenters. The first-order chi connectivity index (χ1) is 6.70. The molecule has 14 heavy (non-hydrogen) atoms. The summed E-state index contributed by atoms with van der Waals surface area (Å²) in [4.78, 5) is 13.9. The van der Waals surface area contributed by atoms with E-state index >= 15 is 0 Å². The second-order valence-electron chi connectivity index (χ2n) is 5.02. The molecule has 1 saturated heterocycles. The van der Waals surface area contributed by atoms with Gasteiger partial charge >= 0.3 is 0 Å². The number of nitrogens with zero attached hydrogens (tertiary/aromatic N) is 1. The summed E-state index contributed by atoms with van der Waals surface area (Å²) in [5.74, 6) is 1.12. The van der Waals surface area contributed by atoms with Crippen molar-refractivity contribution in [2.75, 3.05) is 0 Å². The Kier molecular flexibility index (Phi) is 2.80. The van der Waals surface area contributed by atoms with Gasteiger partial charge in [-0.15, -0.1) is 0 Å². The molecule has 0 N–H and O–H groups in total. The van der Waals surface area contributed by atoms with Gasteiger partial charge < -0.3 is 4.90 Å². The molecule has 2 fully saturated rings. The molecule has 2 aliphatic rings. The van der Waals surface area contributed by atoms with Gasteiger partial charge in [0.15, 0.2) is 0 Å². The molecule has 0 bridgehead atoms. The van der Waals surface area contributed by atoms with Gasteiger partial charge in [0.2, 0.25) is 5.91 Å². The van der Waals surface area contributed by atoms with Crippen molar-refractivity contribution in [3.05, 3.63) is 0 Å². The molecule has 0 aromatic heterocycles. The van der Waals surface area contributed by atoms with Crippen molar-refractivity contribution in [2.24, 2.45) is 5.92 Å². The van der Waals surface area contributed by atoms with Crippen molar-refractivity contribution in [3.63, 3.8) is 0 Å². The van der Waals surface area contributed by atoms with Crippen LogP contribution in [0.1, 0.15) is 52.4 Å². The van der Waals surface area contributed by atoms with Gasteiger partial charge in [-0.25, -0.2) is 0 Å². The Hall–Kier alpha value is -0.530. The first kappa shape index (κ1) is 10.0. The van der Waals surface area contributed by atoms with Crippen molar-refractivity contribution in [1.82, 2.24) is 4.90 Å². The van der Waals surface area contributed by atoms with Crippen LogP contribution in [0.2, 0.25) is 0 Å². The Morgan fingerprint density at radius 3 is 2.43 bits per heavy atom. The minimum absolute atomic E-state index is 0.399. The molecule has 3 unspecified atom stereocenters. The molecule has 2 rings (SSSR count). The van der Waals surface area contributed by atoms with E-state index in [0.717, 1.165) is 12.8 Å². The van der Waals surface area contributed by atoms with Crippen LogP contribution in [0, 0.1) is 5.92 Å². The molecule has 0 spiro atoms. The zero-order chi connectivity index (χ0) is 10.1. The normalized spacial score (nSPS) is 39.1. The molecule has 1 aliphatic carbocycles. The second kappa shape index (κ2) is 3.92. The Balaban J connectivity index is 2.08. The number of likely N-dealkylation sites (tertiary alicyclic amines) is 1. The van der Waals surface area contributed by atoms with Crippen LogP contribution in [-0.4, -0.2) is 22.9 Å². The number of carbonyl (C=O) groups excluding carboxylic acids is 1. The number of rotatable bonds is 1. The van der Waals surface area contributed by atoms with Crippen LogP contribution < -0.4 is 0 Å². The average molecular weight is 195 g/mol. The van der Waals surface area contributed by atoms with Crippen LogP contribution in [0.25, 0.3) is 0 Å². The van der Waals surface area contributed by atoms with Gasteiger partial charge in [0.05, 0.1) is 0 Å². The van der Waals surface area contributed by atoms with Gasteiger partial charge in [0.25, 0.3) is 0 Å². The lowest BCUT2D eigenvalue weighted by Gasteiger charge is -2.38. The third-order valence-electron chi connectivity index (χ3n) is 3.96. The lowest BCUT2D eigenvalue weighted by atomic mass is 9.84. The Bertz CT molecular complexity index is 226. The van der Waals surface area contributed by atoms with Crippen LogP contribution in [0.15, 0.2) is 0 Å². The van der Waals surface area contributed by atoms with E-state index < -0.39 is 0 Å². The van der Waals surface area contributed by atoms with Gasteiger partial charge in [-0.3, -0.25) is 4.79 Å². The van der Waals surface area contributed by atoms with Crippen LogP contribution in [-0.2, 0) is 4.79 Å². The highest BCUT2D eigenvalue weighted by atomic mass is 16.2. The molecule has 80 valence electrons. The molecular weight excluding hydrogens is 174 g/mol. The van der Waals surface area contributed by atoms with Crippen molar-refractivity contribution in [1.29, 1.82) is 0 Å². The summed E-state index contributed by atoms with van der Waals surface area (Å²) in [5.41, 5.74) is 0. The number of hydrogen-bond acceptors (Lipinski definition) is 1. The molecule has 1 aliphatic heterocycles. The summed E-state index contributed by atoms with van der Waals surface area (Å²) in [6.07, 6.45) is 7.06.